The molecule has 0 spiro atoms. The van der Waals surface area contributed by atoms with Gasteiger partial charge >= 0.3 is 0 Å². The second kappa shape index (κ2) is 7.05. The summed E-state index contributed by atoms with van der Waals surface area (Å²) in [5, 5.41) is 1.07. The third-order valence-corrected chi connectivity index (χ3v) is 5.96. The molecule has 2 aliphatic rings. The molecule has 7 heteroatoms. The first-order valence-electron chi connectivity index (χ1n) is 9.36. The summed E-state index contributed by atoms with van der Waals surface area (Å²) in [4.78, 5) is 32.6. The van der Waals surface area contributed by atoms with Gasteiger partial charge in [0, 0.05) is 45.8 Å². The summed E-state index contributed by atoms with van der Waals surface area (Å²) in [6.45, 7) is 1.81. The van der Waals surface area contributed by atoms with E-state index in [0.717, 1.165) is 49.2 Å². The number of amides is 1. The Kier molecular flexibility index (Phi) is 4.61. The molecule has 138 valence electrons. The lowest BCUT2D eigenvalue weighted by Crippen LogP contribution is -2.34. The van der Waals surface area contributed by atoms with Crippen LogP contribution in [0, 0.1) is 11.8 Å². The number of carbonyl (C=O) groups excluding carboxylic acids is 1. The number of hydrogen-bond donors (Lipinski definition) is 1. The van der Waals surface area contributed by atoms with E-state index < -0.39 is 0 Å². The van der Waals surface area contributed by atoms with E-state index in [1.165, 1.54) is 0 Å². The summed E-state index contributed by atoms with van der Waals surface area (Å²) in [7, 11) is 3.88. The number of aromatic nitrogens is 3. The summed E-state index contributed by atoms with van der Waals surface area (Å²) in [6, 6.07) is 2.51. The number of nitrogens with one attached hydrogen (secondary N) is 1. The normalized spacial score (nSPS) is 25.3. The van der Waals surface area contributed by atoms with E-state index in [-0.39, 0.29) is 5.91 Å². The molecule has 2 aromatic heterocycles. The molecular weight excluding hydrogens is 328 g/mol. The fourth-order valence-corrected chi connectivity index (χ4v) is 4.58. The van der Waals surface area contributed by atoms with Crippen LogP contribution in [0.15, 0.2) is 23.6 Å². The fourth-order valence-electron chi connectivity index (χ4n) is 4.58. The minimum Gasteiger partial charge on any atom is -0.356 e. The summed E-state index contributed by atoms with van der Waals surface area (Å²) in [6.07, 6.45) is 8.92. The Morgan fingerprint density at radius 1 is 1.38 bits per heavy atom. The van der Waals surface area contributed by atoms with Crippen molar-refractivity contribution >= 4 is 29.0 Å². The predicted octanol–water partition coefficient (Wildman–Crippen LogP) is 2.11. The molecular formula is C19H26N6O. The third kappa shape index (κ3) is 3.06. The average molecular weight is 354 g/mol. The first-order chi connectivity index (χ1) is 12.7. The standard InChI is InChI=1S/C19H26N6O/c1-20-6-3-4-17(26)25-10-13-8-15(9-14(13)11-25)24(2)19-16-5-7-21-18(16)22-12-23-19/h5-7,12-15H,3-4,8-11H2,1-2H3,(H,21,22,23)/t13-,14+,15?. The Morgan fingerprint density at radius 3 is 2.88 bits per heavy atom. The van der Waals surface area contributed by atoms with Gasteiger partial charge in [-0.05, 0) is 43.4 Å². The summed E-state index contributed by atoms with van der Waals surface area (Å²) in [5.41, 5.74) is 0.882. The number of H-pyrrole nitrogens is 1. The number of aliphatic imine (C=N–C) groups is 1. The van der Waals surface area contributed by atoms with Crippen molar-refractivity contribution in [3.8, 4) is 0 Å². The van der Waals surface area contributed by atoms with Gasteiger partial charge in [0.15, 0.2) is 0 Å². The lowest BCUT2D eigenvalue weighted by Gasteiger charge is -2.28. The van der Waals surface area contributed by atoms with Crippen molar-refractivity contribution in [3.63, 3.8) is 0 Å². The van der Waals surface area contributed by atoms with Crippen LogP contribution in [-0.2, 0) is 4.79 Å². The molecule has 1 saturated heterocycles. The highest BCUT2D eigenvalue weighted by molar-refractivity contribution is 5.87. The number of nitrogens with zero attached hydrogens (tertiary/aromatic N) is 5. The van der Waals surface area contributed by atoms with E-state index in [9.17, 15) is 4.79 Å². The SMILES string of the molecule is CN=CCCC(=O)N1C[C@H]2CC(N(C)c3ncnc4[nH]ccc34)C[C@H]2C1. The molecule has 1 aliphatic heterocycles. The van der Waals surface area contributed by atoms with Gasteiger partial charge in [-0.1, -0.05) is 0 Å². The summed E-state index contributed by atoms with van der Waals surface area (Å²) in [5.74, 6) is 2.48. The van der Waals surface area contributed by atoms with Crippen LogP contribution in [0.3, 0.4) is 0 Å². The van der Waals surface area contributed by atoms with E-state index >= 15 is 0 Å². The highest BCUT2D eigenvalue weighted by Crippen LogP contribution is 2.41. The first kappa shape index (κ1) is 17.0. The van der Waals surface area contributed by atoms with Gasteiger partial charge in [0.2, 0.25) is 5.91 Å². The van der Waals surface area contributed by atoms with Gasteiger partial charge in [0.1, 0.15) is 17.8 Å². The smallest absolute Gasteiger partial charge is 0.222 e. The number of anilines is 1. The second-order valence-electron chi connectivity index (χ2n) is 7.47. The minimum atomic E-state index is 0.272. The Balaban J connectivity index is 1.39. The van der Waals surface area contributed by atoms with Crippen molar-refractivity contribution in [1.29, 1.82) is 0 Å². The topological polar surface area (TPSA) is 77.5 Å². The van der Waals surface area contributed by atoms with E-state index in [1.807, 2.05) is 18.5 Å². The molecule has 1 N–H and O–H groups in total. The van der Waals surface area contributed by atoms with Crippen LogP contribution >= 0.6 is 0 Å². The third-order valence-electron chi connectivity index (χ3n) is 5.96. The zero-order valence-electron chi connectivity index (χ0n) is 15.4. The van der Waals surface area contributed by atoms with Crippen LogP contribution in [-0.4, -0.2) is 65.2 Å². The van der Waals surface area contributed by atoms with E-state index in [1.54, 1.807) is 13.4 Å². The molecule has 3 heterocycles. The number of rotatable bonds is 5. The maximum absolute atomic E-state index is 12.3. The van der Waals surface area contributed by atoms with Gasteiger partial charge in [-0.2, -0.15) is 0 Å². The second-order valence-corrected chi connectivity index (χ2v) is 7.47. The van der Waals surface area contributed by atoms with Crippen molar-refractivity contribution in [2.75, 3.05) is 32.1 Å². The molecule has 0 bridgehead atoms. The maximum atomic E-state index is 12.3. The van der Waals surface area contributed by atoms with Crippen LogP contribution in [0.5, 0.6) is 0 Å². The fraction of sp³-hybridized carbons (Fsp3) is 0.579. The van der Waals surface area contributed by atoms with E-state index in [4.69, 9.17) is 0 Å². The molecule has 1 aliphatic carbocycles. The predicted molar refractivity (Wildman–Crippen MR) is 103 cm³/mol. The van der Waals surface area contributed by atoms with Crippen LogP contribution < -0.4 is 4.90 Å². The summed E-state index contributed by atoms with van der Waals surface area (Å²) < 4.78 is 0. The number of likely N-dealkylation sites (tertiary alicyclic amines) is 1. The van der Waals surface area contributed by atoms with Crippen LogP contribution in [0.2, 0.25) is 0 Å². The van der Waals surface area contributed by atoms with Gasteiger partial charge in [-0.3, -0.25) is 4.79 Å². The zero-order chi connectivity index (χ0) is 18.1. The van der Waals surface area contributed by atoms with E-state index in [0.29, 0.717) is 24.3 Å². The molecule has 0 radical (unpaired) electrons. The highest BCUT2D eigenvalue weighted by Gasteiger charge is 2.43. The summed E-state index contributed by atoms with van der Waals surface area (Å²) >= 11 is 0. The molecule has 4 rings (SSSR count). The van der Waals surface area contributed by atoms with Crippen molar-refractivity contribution < 1.29 is 4.79 Å². The van der Waals surface area contributed by atoms with Crippen molar-refractivity contribution in [2.24, 2.45) is 16.8 Å². The average Bonchev–Trinajstić information content (AvgIpc) is 3.34. The van der Waals surface area contributed by atoms with Crippen molar-refractivity contribution in [2.45, 2.75) is 31.7 Å². The van der Waals surface area contributed by atoms with Gasteiger partial charge in [0.05, 0.1) is 5.39 Å². The Labute approximate surface area is 153 Å². The molecule has 7 nitrogen and oxygen atoms in total. The molecule has 1 amide bonds. The number of fused-ring (bicyclic) bond motifs is 2. The molecule has 2 aromatic rings. The van der Waals surface area contributed by atoms with Gasteiger partial charge in [0.25, 0.3) is 0 Å². The molecule has 0 aromatic carbocycles. The van der Waals surface area contributed by atoms with Crippen LogP contribution in [0.25, 0.3) is 11.0 Å². The lowest BCUT2D eigenvalue weighted by atomic mass is 10.0. The van der Waals surface area contributed by atoms with Crippen molar-refractivity contribution in [1.82, 2.24) is 19.9 Å². The minimum absolute atomic E-state index is 0.272. The Morgan fingerprint density at radius 2 is 2.15 bits per heavy atom. The molecule has 26 heavy (non-hydrogen) atoms. The molecule has 2 fully saturated rings. The number of carbonyl (C=O) groups is 1. The molecule has 3 atom stereocenters. The Hall–Kier alpha value is -2.44. The first-order valence-corrected chi connectivity index (χ1v) is 9.36. The Bertz CT molecular complexity index is 801. The van der Waals surface area contributed by atoms with Gasteiger partial charge in [-0.25, -0.2) is 9.97 Å². The monoisotopic (exact) mass is 354 g/mol. The highest BCUT2D eigenvalue weighted by atomic mass is 16.2. The quantitative estimate of drug-likeness (QED) is 0.834. The molecule has 1 saturated carbocycles. The number of aromatic amines is 1. The van der Waals surface area contributed by atoms with Gasteiger partial charge < -0.3 is 19.8 Å². The van der Waals surface area contributed by atoms with Crippen LogP contribution in [0.4, 0.5) is 5.82 Å². The van der Waals surface area contributed by atoms with Crippen LogP contribution in [0.1, 0.15) is 25.7 Å². The number of hydrogen-bond acceptors (Lipinski definition) is 5. The zero-order valence-corrected chi connectivity index (χ0v) is 15.4. The van der Waals surface area contributed by atoms with Gasteiger partial charge in [-0.15, -0.1) is 0 Å². The van der Waals surface area contributed by atoms with Crippen molar-refractivity contribution in [3.05, 3.63) is 18.6 Å². The largest absolute Gasteiger partial charge is 0.356 e. The molecule has 1 unspecified atom stereocenters. The lowest BCUT2D eigenvalue weighted by molar-refractivity contribution is -0.130. The van der Waals surface area contributed by atoms with E-state index in [2.05, 4.69) is 36.8 Å². The maximum Gasteiger partial charge on any atom is 0.222 e.